The highest BCUT2D eigenvalue weighted by Gasteiger charge is 1.98. The molecule has 0 aliphatic rings. The Morgan fingerprint density at radius 2 is 2.00 bits per heavy atom. The maximum Gasteiger partial charge on any atom is 0.355 e. The fourth-order valence-corrected chi connectivity index (χ4v) is 0.652. The van der Waals surface area contributed by atoms with E-state index in [-0.39, 0.29) is 0 Å². The Balaban J connectivity index is 2.58. The number of hydrazine groups is 1. The molecule has 2 amide bonds. The molecule has 0 aliphatic heterocycles. The summed E-state index contributed by atoms with van der Waals surface area (Å²) in [6.07, 6.45) is 0. The van der Waals surface area contributed by atoms with E-state index in [1.54, 1.807) is 24.3 Å². The number of urea groups is 1. The van der Waals surface area contributed by atoms with Gasteiger partial charge in [0.2, 0.25) is 0 Å². The molecule has 0 bridgehead atoms. The van der Waals surface area contributed by atoms with Crippen molar-refractivity contribution < 1.29 is 4.79 Å². The van der Waals surface area contributed by atoms with Crippen molar-refractivity contribution in [1.29, 1.82) is 0 Å². The molecule has 1 rings (SSSR count). The largest absolute Gasteiger partial charge is 0.355 e. The van der Waals surface area contributed by atoms with Crippen molar-refractivity contribution >= 4 is 11.7 Å². The summed E-state index contributed by atoms with van der Waals surface area (Å²) in [5.41, 5.74) is 2.50. The van der Waals surface area contributed by atoms with Crippen LogP contribution in [-0.2, 0) is 0 Å². The van der Waals surface area contributed by atoms with Crippen LogP contribution >= 0.6 is 0 Å². The van der Waals surface area contributed by atoms with Gasteiger partial charge in [-0.25, -0.2) is 10.6 Å². The molecule has 4 heteroatoms. The zero-order valence-electron chi connectivity index (χ0n) is 5.82. The van der Waals surface area contributed by atoms with Crippen molar-refractivity contribution in [2.75, 3.05) is 0 Å². The van der Waals surface area contributed by atoms with Gasteiger partial charge in [0.1, 0.15) is 0 Å². The smallest absolute Gasteiger partial charge is 0.274 e. The number of hydrogen-bond acceptors (Lipinski definition) is 2. The maximum absolute atomic E-state index is 10.6. The molecule has 0 fully saturated rings. The average molecular weight is 150 g/mol. The minimum atomic E-state index is -0.545. The summed E-state index contributed by atoms with van der Waals surface area (Å²) in [6.45, 7) is 0. The van der Waals surface area contributed by atoms with Gasteiger partial charge < -0.3 is 0 Å². The number of para-hydroxylation sites is 1. The molecule has 0 aromatic heterocycles. The summed E-state index contributed by atoms with van der Waals surface area (Å²) < 4.78 is 0. The van der Waals surface area contributed by atoms with Crippen LogP contribution in [0.3, 0.4) is 0 Å². The van der Waals surface area contributed by atoms with E-state index >= 15 is 0 Å². The van der Waals surface area contributed by atoms with Gasteiger partial charge >= 0.3 is 6.03 Å². The van der Waals surface area contributed by atoms with Gasteiger partial charge in [0.25, 0.3) is 0 Å². The van der Waals surface area contributed by atoms with Gasteiger partial charge in [-0.2, -0.15) is 5.32 Å². The van der Waals surface area contributed by atoms with Crippen molar-refractivity contribution in [3.05, 3.63) is 30.3 Å². The van der Waals surface area contributed by atoms with Crippen LogP contribution in [0, 0.1) is 0 Å². The number of rotatable bonds is 1. The van der Waals surface area contributed by atoms with E-state index in [1.807, 2.05) is 11.5 Å². The minimum Gasteiger partial charge on any atom is -0.274 e. The summed E-state index contributed by atoms with van der Waals surface area (Å²) >= 11 is 0. The van der Waals surface area contributed by atoms with E-state index in [1.165, 1.54) is 0 Å². The summed E-state index contributed by atoms with van der Waals surface area (Å²) in [4.78, 5) is 10.6. The standard InChI is InChI=1S/C7H8N3O/c8-10-7(11)9-6-4-2-1-3-5-6/h1-5H,8H2,(H,10,11). The van der Waals surface area contributed by atoms with E-state index in [0.717, 1.165) is 0 Å². The second-order valence-corrected chi connectivity index (χ2v) is 1.90. The molecular formula is C7H8N3O. The molecule has 0 saturated heterocycles. The van der Waals surface area contributed by atoms with Gasteiger partial charge in [-0.15, -0.1) is 0 Å². The molecule has 1 aromatic carbocycles. The summed E-state index contributed by atoms with van der Waals surface area (Å²) in [6, 6.07) is 8.32. The average Bonchev–Trinajstić information content (AvgIpc) is 2.06. The van der Waals surface area contributed by atoms with Crippen LogP contribution in [0.25, 0.3) is 0 Å². The number of nitrogens with zero attached hydrogens (tertiary/aromatic N) is 1. The molecule has 3 N–H and O–H groups in total. The van der Waals surface area contributed by atoms with Gasteiger partial charge in [-0.1, -0.05) is 18.2 Å². The Labute approximate surface area is 64.4 Å². The fraction of sp³-hybridized carbons (Fsp3) is 0. The number of amides is 2. The highest BCUT2D eigenvalue weighted by molar-refractivity contribution is 5.78. The fourth-order valence-electron chi connectivity index (χ4n) is 0.652. The lowest BCUT2D eigenvalue weighted by Crippen LogP contribution is -2.33. The Kier molecular flexibility index (Phi) is 2.46. The third-order valence-corrected chi connectivity index (χ3v) is 1.11. The van der Waals surface area contributed by atoms with Crippen molar-refractivity contribution in [3.63, 3.8) is 0 Å². The molecule has 11 heavy (non-hydrogen) atoms. The highest BCUT2D eigenvalue weighted by Crippen LogP contribution is 2.03. The van der Waals surface area contributed by atoms with Crippen LogP contribution in [0.1, 0.15) is 0 Å². The molecule has 0 aliphatic carbocycles. The molecule has 0 unspecified atom stereocenters. The number of benzene rings is 1. The van der Waals surface area contributed by atoms with Crippen molar-refractivity contribution in [3.8, 4) is 0 Å². The lowest BCUT2D eigenvalue weighted by molar-refractivity contribution is 0.244. The number of nitrogens with one attached hydrogen (secondary N) is 1. The normalized spacial score (nSPS) is 8.82. The first kappa shape index (κ1) is 7.56. The van der Waals surface area contributed by atoms with Gasteiger partial charge in [-0.3, -0.25) is 5.43 Å². The molecule has 1 radical (unpaired) electrons. The SMILES string of the molecule is NNC(=O)[N]c1ccccc1. The Bertz CT molecular complexity index is 235. The quantitative estimate of drug-likeness (QED) is 0.348. The van der Waals surface area contributed by atoms with Crippen LogP contribution in [0.4, 0.5) is 10.5 Å². The predicted molar refractivity (Wildman–Crippen MR) is 41.0 cm³/mol. The summed E-state index contributed by atoms with van der Waals surface area (Å²) in [5.74, 6) is 4.83. The molecule has 1 aromatic rings. The Hall–Kier alpha value is -1.55. The number of nitrogens with two attached hydrogens (primary N) is 1. The van der Waals surface area contributed by atoms with Gasteiger partial charge in [0.15, 0.2) is 0 Å². The number of carbonyl (C=O) groups excluding carboxylic acids is 1. The third kappa shape index (κ3) is 2.27. The molecule has 0 heterocycles. The van der Waals surface area contributed by atoms with Crippen LogP contribution in [-0.4, -0.2) is 6.03 Å². The van der Waals surface area contributed by atoms with Crippen molar-refractivity contribution in [2.24, 2.45) is 5.84 Å². The second kappa shape index (κ2) is 3.58. The van der Waals surface area contributed by atoms with Crippen LogP contribution < -0.4 is 16.6 Å². The zero-order valence-corrected chi connectivity index (χ0v) is 5.82. The van der Waals surface area contributed by atoms with Crippen LogP contribution in [0.5, 0.6) is 0 Å². The first-order chi connectivity index (χ1) is 5.33. The van der Waals surface area contributed by atoms with E-state index in [9.17, 15) is 4.79 Å². The third-order valence-electron chi connectivity index (χ3n) is 1.11. The molecule has 0 spiro atoms. The summed E-state index contributed by atoms with van der Waals surface area (Å²) in [7, 11) is 0. The molecular weight excluding hydrogens is 142 g/mol. The predicted octanol–water partition coefficient (Wildman–Crippen LogP) is 0.506. The first-order valence-corrected chi connectivity index (χ1v) is 3.10. The van der Waals surface area contributed by atoms with E-state index in [2.05, 4.69) is 5.32 Å². The van der Waals surface area contributed by atoms with Crippen molar-refractivity contribution in [1.82, 2.24) is 10.7 Å². The monoisotopic (exact) mass is 150 g/mol. The van der Waals surface area contributed by atoms with Gasteiger partial charge in [0.05, 0.1) is 5.69 Å². The van der Waals surface area contributed by atoms with Crippen molar-refractivity contribution in [2.45, 2.75) is 0 Å². The topological polar surface area (TPSA) is 69.2 Å². The van der Waals surface area contributed by atoms with E-state index < -0.39 is 6.03 Å². The molecule has 57 valence electrons. The van der Waals surface area contributed by atoms with Gasteiger partial charge in [0, 0.05) is 0 Å². The van der Waals surface area contributed by atoms with Crippen LogP contribution in [0.15, 0.2) is 30.3 Å². The lowest BCUT2D eigenvalue weighted by atomic mass is 10.3. The molecule has 4 nitrogen and oxygen atoms in total. The molecule has 0 atom stereocenters. The first-order valence-electron chi connectivity index (χ1n) is 3.10. The Morgan fingerprint density at radius 3 is 2.55 bits per heavy atom. The van der Waals surface area contributed by atoms with Crippen LogP contribution in [0.2, 0.25) is 0 Å². The second-order valence-electron chi connectivity index (χ2n) is 1.90. The minimum absolute atomic E-state index is 0.545. The lowest BCUT2D eigenvalue weighted by Gasteiger charge is -1.98. The van der Waals surface area contributed by atoms with E-state index in [4.69, 9.17) is 5.84 Å². The summed E-state index contributed by atoms with van der Waals surface area (Å²) in [5, 5.41) is 3.60. The zero-order chi connectivity index (χ0) is 8.10. The van der Waals surface area contributed by atoms with Gasteiger partial charge in [-0.05, 0) is 12.1 Å². The number of carbonyl (C=O) groups is 1. The Morgan fingerprint density at radius 1 is 1.36 bits per heavy atom. The van der Waals surface area contributed by atoms with E-state index in [0.29, 0.717) is 5.69 Å². The highest BCUT2D eigenvalue weighted by atomic mass is 16.2. The molecule has 0 saturated carbocycles. The maximum atomic E-state index is 10.6. The number of hydrogen-bond donors (Lipinski definition) is 2.